The third kappa shape index (κ3) is 2.49. The van der Waals surface area contributed by atoms with Crippen LogP contribution in [0.5, 0.6) is 0 Å². The summed E-state index contributed by atoms with van der Waals surface area (Å²) >= 11 is 0. The average molecular weight is 252 g/mol. The zero-order valence-electron chi connectivity index (χ0n) is 11.3. The van der Waals surface area contributed by atoms with Crippen LogP contribution in [0.25, 0.3) is 0 Å². The van der Waals surface area contributed by atoms with Gasteiger partial charge in [-0.1, -0.05) is 36.4 Å². The molecular weight excluding hydrogens is 232 g/mol. The van der Waals surface area contributed by atoms with Gasteiger partial charge >= 0.3 is 0 Å². The maximum Gasteiger partial charge on any atom is 0.0324 e. The van der Waals surface area contributed by atoms with Crippen molar-refractivity contribution >= 4 is 5.69 Å². The molecule has 2 heteroatoms. The molecule has 0 amide bonds. The Hall–Kier alpha value is -1.80. The molecule has 0 radical (unpaired) electrons. The number of fused-ring (bicyclic) bond motifs is 1. The summed E-state index contributed by atoms with van der Waals surface area (Å²) in [6.45, 7) is 4.42. The first kappa shape index (κ1) is 12.2. The van der Waals surface area contributed by atoms with E-state index in [1.165, 1.54) is 16.7 Å². The lowest BCUT2D eigenvalue weighted by atomic mass is 9.97. The minimum atomic E-state index is 0.414. The lowest BCUT2D eigenvalue weighted by molar-refractivity contribution is 0.192. The molecule has 1 unspecified atom stereocenters. The molecule has 0 saturated heterocycles. The van der Waals surface area contributed by atoms with E-state index in [9.17, 15) is 0 Å². The highest BCUT2D eigenvalue weighted by molar-refractivity contribution is 5.41. The van der Waals surface area contributed by atoms with Crippen LogP contribution in [0.15, 0.2) is 48.5 Å². The molecule has 2 aromatic carbocycles. The van der Waals surface area contributed by atoms with Crippen molar-refractivity contribution in [3.63, 3.8) is 0 Å². The molecule has 98 valence electrons. The summed E-state index contributed by atoms with van der Waals surface area (Å²) < 4.78 is 0. The molecule has 1 aliphatic heterocycles. The van der Waals surface area contributed by atoms with Gasteiger partial charge in [0.05, 0.1) is 0 Å². The van der Waals surface area contributed by atoms with Crippen molar-refractivity contribution in [1.29, 1.82) is 0 Å². The van der Waals surface area contributed by atoms with Gasteiger partial charge in [0.15, 0.2) is 0 Å². The highest BCUT2D eigenvalue weighted by atomic mass is 15.2. The fourth-order valence-electron chi connectivity index (χ4n) is 2.88. The topological polar surface area (TPSA) is 29.3 Å². The third-order valence-electron chi connectivity index (χ3n) is 4.10. The average Bonchev–Trinajstić information content (AvgIpc) is 2.46. The van der Waals surface area contributed by atoms with Crippen molar-refractivity contribution in [3.8, 4) is 0 Å². The highest BCUT2D eigenvalue weighted by Gasteiger charge is 2.21. The molecule has 19 heavy (non-hydrogen) atoms. The van der Waals surface area contributed by atoms with E-state index in [2.05, 4.69) is 48.2 Å². The maximum atomic E-state index is 5.88. The zero-order chi connectivity index (χ0) is 13.2. The summed E-state index contributed by atoms with van der Waals surface area (Å²) in [6, 6.07) is 17.4. The van der Waals surface area contributed by atoms with Gasteiger partial charge < -0.3 is 5.73 Å². The van der Waals surface area contributed by atoms with Crippen LogP contribution in [0.4, 0.5) is 5.69 Å². The largest absolute Gasteiger partial charge is 0.399 e. The molecule has 1 aliphatic rings. The first-order chi connectivity index (χ1) is 9.24. The van der Waals surface area contributed by atoms with Gasteiger partial charge in [-0.25, -0.2) is 0 Å². The molecule has 2 nitrogen and oxygen atoms in total. The number of benzene rings is 2. The Kier molecular flexibility index (Phi) is 3.26. The Balaban J connectivity index is 1.81. The van der Waals surface area contributed by atoms with Crippen molar-refractivity contribution in [3.05, 3.63) is 65.2 Å². The minimum Gasteiger partial charge on any atom is -0.399 e. The zero-order valence-corrected chi connectivity index (χ0v) is 11.3. The van der Waals surface area contributed by atoms with Gasteiger partial charge in [-0.15, -0.1) is 0 Å². The van der Waals surface area contributed by atoms with E-state index >= 15 is 0 Å². The summed E-state index contributed by atoms with van der Waals surface area (Å²) in [4.78, 5) is 2.52. The van der Waals surface area contributed by atoms with Gasteiger partial charge in [0.25, 0.3) is 0 Å². The van der Waals surface area contributed by atoms with Crippen LogP contribution in [0.2, 0.25) is 0 Å². The number of nitrogens with zero attached hydrogens (tertiary/aromatic N) is 1. The lowest BCUT2D eigenvalue weighted by Gasteiger charge is -2.34. The van der Waals surface area contributed by atoms with Gasteiger partial charge in [0.2, 0.25) is 0 Å². The second-order valence-electron chi connectivity index (χ2n) is 5.34. The van der Waals surface area contributed by atoms with Crippen LogP contribution in [-0.4, -0.2) is 11.4 Å². The number of hydrogen-bond donors (Lipinski definition) is 1. The van der Waals surface area contributed by atoms with Crippen LogP contribution < -0.4 is 5.73 Å². The van der Waals surface area contributed by atoms with E-state index in [0.29, 0.717) is 6.04 Å². The molecule has 3 rings (SSSR count). The van der Waals surface area contributed by atoms with Crippen LogP contribution in [0, 0.1) is 0 Å². The van der Waals surface area contributed by atoms with Crippen LogP contribution >= 0.6 is 0 Å². The van der Waals surface area contributed by atoms with E-state index in [1.54, 1.807) is 0 Å². The third-order valence-corrected chi connectivity index (χ3v) is 4.10. The minimum absolute atomic E-state index is 0.414. The number of nitrogen functional groups attached to an aromatic ring is 1. The normalized spacial score (nSPS) is 16.9. The fourth-order valence-corrected chi connectivity index (χ4v) is 2.88. The molecule has 1 atom stereocenters. The van der Waals surface area contributed by atoms with Crippen molar-refractivity contribution in [1.82, 2.24) is 4.90 Å². The molecular formula is C17H20N2. The van der Waals surface area contributed by atoms with Crippen LogP contribution in [0.3, 0.4) is 0 Å². The summed E-state index contributed by atoms with van der Waals surface area (Å²) in [7, 11) is 0. The number of hydrogen-bond acceptors (Lipinski definition) is 2. The van der Waals surface area contributed by atoms with Crippen LogP contribution in [0.1, 0.15) is 29.7 Å². The van der Waals surface area contributed by atoms with Gasteiger partial charge in [0, 0.05) is 24.8 Å². The monoisotopic (exact) mass is 252 g/mol. The molecule has 0 fully saturated rings. The molecule has 0 saturated carbocycles. The summed E-state index contributed by atoms with van der Waals surface area (Å²) in [5.41, 5.74) is 11.0. The Bertz CT molecular complexity index is 577. The van der Waals surface area contributed by atoms with Crippen molar-refractivity contribution < 1.29 is 0 Å². The quantitative estimate of drug-likeness (QED) is 0.830. The summed E-state index contributed by atoms with van der Waals surface area (Å²) in [5, 5.41) is 0. The van der Waals surface area contributed by atoms with E-state index in [4.69, 9.17) is 5.73 Å². The van der Waals surface area contributed by atoms with Crippen molar-refractivity contribution in [2.24, 2.45) is 0 Å². The molecule has 0 spiro atoms. The Labute approximate surface area is 114 Å². The Morgan fingerprint density at radius 3 is 2.63 bits per heavy atom. The molecule has 2 N–H and O–H groups in total. The standard InChI is InChI=1S/C17H20N2/c1-13(15-7-4-8-17(18)11-15)19-10-9-14-5-2-3-6-16(14)12-19/h2-8,11,13H,9-10,12,18H2,1H3. The SMILES string of the molecule is CC(c1cccc(N)c1)N1CCc2ccccc2C1. The maximum absolute atomic E-state index is 5.88. The first-order valence-electron chi connectivity index (χ1n) is 6.90. The van der Waals surface area contributed by atoms with E-state index in [-0.39, 0.29) is 0 Å². The van der Waals surface area contributed by atoms with E-state index in [0.717, 1.165) is 25.2 Å². The van der Waals surface area contributed by atoms with Gasteiger partial charge in [0.1, 0.15) is 0 Å². The molecule has 0 bridgehead atoms. The van der Waals surface area contributed by atoms with E-state index < -0.39 is 0 Å². The molecule has 1 heterocycles. The summed E-state index contributed by atoms with van der Waals surface area (Å²) in [5.74, 6) is 0. The van der Waals surface area contributed by atoms with Crippen molar-refractivity contribution in [2.45, 2.75) is 25.9 Å². The Morgan fingerprint density at radius 1 is 1.05 bits per heavy atom. The Morgan fingerprint density at radius 2 is 1.84 bits per heavy atom. The smallest absolute Gasteiger partial charge is 0.0324 e. The lowest BCUT2D eigenvalue weighted by Crippen LogP contribution is -2.32. The molecule has 0 aromatic heterocycles. The van der Waals surface area contributed by atoms with Crippen molar-refractivity contribution in [2.75, 3.05) is 12.3 Å². The first-order valence-corrected chi connectivity index (χ1v) is 6.90. The molecule has 2 aromatic rings. The summed E-state index contributed by atoms with van der Waals surface area (Å²) in [6.07, 6.45) is 1.14. The fraction of sp³-hybridized carbons (Fsp3) is 0.294. The van der Waals surface area contributed by atoms with Gasteiger partial charge in [-0.2, -0.15) is 0 Å². The number of nitrogens with two attached hydrogens (primary N) is 1. The van der Waals surface area contributed by atoms with Gasteiger partial charge in [-0.3, -0.25) is 4.90 Å². The van der Waals surface area contributed by atoms with E-state index in [1.807, 2.05) is 12.1 Å². The van der Waals surface area contributed by atoms with Gasteiger partial charge in [-0.05, 0) is 42.2 Å². The second-order valence-corrected chi connectivity index (χ2v) is 5.34. The number of rotatable bonds is 2. The van der Waals surface area contributed by atoms with Crippen LogP contribution in [-0.2, 0) is 13.0 Å². The number of anilines is 1. The molecule has 0 aliphatic carbocycles. The predicted molar refractivity (Wildman–Crippen MR) is 79.8 cm³/mol. The highest BCUT2D eigenvalue weighted by Crippen LogP contribution is 2.28. The second kappa shape index (κ2) is 5.06. The predicted octanol–water partition coefficient (Wildman–Crippen LogP) is 3.39.